The first-order valence-electron chi connectivity index (χ1n) is 6.62. The molecular formula is C16H12ClFN2OS. The molecule has 1 aromatic heterocycles. The van der Waals surface area contributed by atoms with E-state index in [0.717, 1.165) is 21.3 Å². The third kappa shape index (κ3) is 3.26. The van der Waals surface area contributed by atoms with E-state index in [4.69, 9.17) is 11.6 Å². The van der Waals surface area contributed by atoms with Gasteiger partial charge in [0.2, 0.25) is 5.91 Å². The Kier molecular flexibility index (Phi) is 4.09. The Labute approximate surface area is 135 Å². The number of rotatable bonds is 3. The summed E-state index contributed by atoms with van der Waals surface area (Å²) in [4.78, 5) is 16.4. The number of anilines is 1. The molecule has 0 fully saturated rings. The molecule has 6 heteroatoms. The number of nitrogens with zero attached hydrogens (tertiary/aromatic N) is 1. The molecule has 0 radical (unpaired) electrons. The van der Waals surface area contributed by atoms with Crippen molar-refractivity contribution in [3.8, 4) is 0 Å². The number of hydrogen-bond acceptors (Lipinski definition) is 3. The first-order chi connectivity index (χ1) is 10.5. The van der Waals surface area contributed by atoms with E-state index in [0.29, 0.717) is 10.2 Å². The molecule has 0 spiro atoms. The van der Waals surface area contributed by atoms with Gasteiger partial charge in [0.15, 0.2) is 5.13 Å². The number of benzene rings is 2. The lowest BCUT2D eigenvalue weighted by Gasteiger charge is -2.01. The third-order valence-corrected chi connectivity index (χ3v) is 4.31. The molecule has 2 aromatic carbocycles. The molecule has 1 N–H and O–H groups in total. The second kappa shape index (κ2) is 6.02. The summed E-state index contributed by atoms with van der Waals surface area (Å²) < 4.78 is 13.8. The number of amides is 1. The highest BCUT2D eigenvalue weighted by molar-refractivity contribution is 7.22. The molecule has 0 saturated heterocycles. The van der Waals surface area contributed by atoms with E-state index in [1.807, 2.05) is 19.1 Å². The number of nitrogens with one attached hydrogen (secondary N) is 1. The monoisotopic (exact) mass is 334 g/mol. The minimum Gasteiger partial charge on any atom is -0.302 e. The summed E-state index contributed by atoms with van der Waals surface area (Å²) in [5, 5.41) is 3.96. The van der Waals surface area contributed by atoms with Gasteiger partial charge in [-0.2, -0.15) is 0 Å². The molecule has 3 aromatic rings. The molecule has 0 aliphatic rings. The van der Waals surface area contributed by atoms with Gasteiger partial charge < -0.3 is 5.32 Å². The first-order valence-corrected chi connectivity index (χ1v) is 7.82. The van der Waals surface area contributed by atoms with Gasteiger partial charge in [0.1, 0.15) is 5.82 Å². The molecule has 0 bridgehead atoms. The molecule has 22 heavy (non-hydrogen) atoms. The Morgan fingerprint density at radius 1 is 1.32 bits per heavy atom. The predicted octanol–water partition coefficient (Wildman–Crippen LogP) is 4.58. The second-order valence-corrected chi connectivity index (χ2v) is 6.41. The van der Waals surface area contributed by atoms with Crippen LogP contribution in [0.15, 0.2) is 36.4 Å². The summed E-state index contributed by atoms with van der Waals surface area (Å²) in [5.41, 5.74) is 2.56. The van der Waals surface area contributed by atoms with Crippen LogP contribution in [0.3, 0.4) is 0 Å². The van der Waals surface area contributed by atoms with Crippen LogP contribution in [0.5, 0.6) is 0 Å². The van der Waals surface area contributed by atoms with Gasteiger partial charge in [-0.15, -0.1) is 0 Å². The summed E-state index contributed by atoms with van der Waals surface area (Å²) in [5.74, 6) is -0.503. The molecule has 0 aliphatic heterocycles. The molecule has 0 atom stereocenters. The van der Waals surface area contributed by atoms with E-state index in [9.17, 15) is 9.18 Å². The fourth-order valence-electron chi connectivity index (χ4n) is 2.16. The molecule has 112 valence electrons. The zero-order valence-corrected chi connectivity index (χ0v) is 13.3. The van der Waals surface area contributed by atoms with E-state index < -0.39 is 0 Å². The number of thiazole rings is 1. The average molecular weight is 335 g/mol. The Bertz CT molecular complexity index is 845. The van der Waals surface area contributed by atoms with Crippen LogP contribution in [-0.4, -0.2) is 10.9 Å². The minimum absolute atomic E-state index is 0.177. The van der Waals surface area contributed by atoms with Gasteiger partial charge in [-0.1, -0.05) is 35.1 Å². The third-order valence-electron chi connectivity index (χ3n) is 3.17. The molecule has 0 unspecified atom stereocenters. The zero-order chi connectivity index (χ0) is 15.7. The van der Waals surface area contributed by atoms with Crippen molar-refractivity contribution in [2.75, 3.05) is 5.32 Å². The van der Waals surface area contributed by atoms with Crippen molar-refractivity contribution < 1.29 is 9.18 Å². The highest BCUT2D eigenvalue weighted by atomic mass is 35.5. The Balaban J connectivity index is 1.76. The van der Waals surface area contributed by atoms with E-state index in [1.54, 1.807) is 12.1 Å². The molecule has 0 aliphatic carbocycles. The topological polar surface area (TPSA) is 42.0 Å². The van der Waals surface area contributed by atoms with Gasteiger partial charge in [-0.05, 0) is 42.3 Å². The average Bonchev–Trinajstić information content (AvgIpc) is 2.84. The molecule has 3 rings (SSSR count). The van der Waals surface area contributed by atoms with Gasteiger partial charge in [-0.25, -0.2) is 9.37 Å². The summed E-state index contributed by atoms with van der Waals surface area (Å²) in [7, 11) is 0. The van der Waals surface area contributed by atoms with Crippen LogP contribution in [0.1, 0.15) is 11.1 Å². The molecular weight excluding hydrogens is 323 g/mol. The number of carbonyl (C=O) groups is 1. The van der Waals surface area contributed by atoms with E-state index in [-0.39, 0.29) is 18.1 Å². The van der Waals surface area contributed by atoms with Gasteiger partial charge in [0.05, 0.1) is 16.6 Å². The molecule has 1 amide bonds. The number of fused-ring (bicyclic) bond motifs is 1. The van der Waals surface area contributed by atoms with Crippen LogP contribution in [0.2, 0.25) is 5.02 Å². The minimum atomic E-state index is -0.317. The highest BCUT2D eigenvalue weighted by Gasteiger charge is 2.11. The summed E-state index contributed by atoms with van der Waals surface area (Å²) in [6, 6.07) is 9.54. The Hall–Kier alpha value is -1.98. The zero-order valence-electron chi connectivity index (χ0n) is 11.7. The van der Waals surface area contributed by atoms with Crippen molar-refractivity contribution in [2.24, 2.45) is 0 Å². The fraction of sp³-hybridized carbons (Fsp3) is 0.125. The van der Waals surface area contributed by atoms with Crippen molar-refractivity contribution in [1.82, 2.24) is 4.98 Å². The number of hydrogen-bond donors (Lipinski definition) is 1. The van der Waals surface area contributed by atoms with Crippen LogP contribution in [0.4, 0.5) is 9.52 Å². The summed E-state index contributed by atoms with van der Waals surface area (Å²) in [6.45, 7) is 1.93. The lowest BCUT2D eigenvalue weighted by atomic mass is 10.1. The maximum Gasteiger partial charge on any atom is 0.230 e. The quantitative estimate of drug-likeness (QED) is 0.761. The molecule has 0 saturated carbocycles. The normalized spacial score (nSPS) is 10.9. The highest BCUT2D eigenvalue weighted by Crippen LogP contribution is 2.30. The first kappa shape index (κ1) is 14.9. The van der Waals surface area contributed by atoms with Crippen molar-refractivity contribution in [2.45, 2.75) is 13.3 Å². The van der Waals surface area contributed by atoms with Crippen LogP contribution in [0, 0.1) is 12.7 Å². The van der Waals surface area contributed by atoms with E-state index in [2.05, 4.69) is 10.3 Å². The Morgan fingerprint density at radius 2 is 2.05 bits per heavy atom. The van der Waals surface area contributed by atoms with Crippen LogP contribution < -0.4 is 5.32 Å². The van der Waals surface area contributed by atoms with Gasteiger partial charge in [0, 0.05) is 5.02 Å². The SMILES string of the molecule is Cc1cc(Cl)cc2sc(NC(=O)Cc3ccc(F)cc3)nc12. The Morgan fingerprint density at radius 3 is 2.77 bits per heavy atom. The van der Waals surface area contributed by atoms with Gasteiger partial charge in [-0.3, -0.25) is 4.79 Å². The fourth-order valence-corrected chi connectivity index (χ4v) is 3.50. The van der Waals surface area contributed by atoms with E-state index in [1.165, 1.54) is 23.5 Å². The number of aryl methyl sites for hydroxylation is 1. The number of carbonyl (C=O) groups excluding carboxylic acids is 1. The predicted molar refractivity (Wildman–Crippen MR) is 88.1 cm³/mol. The largest absolute Gasteiger partial charge is 0.302 e. The molecule has 3 nitrogen and oxygen atoms in total. The smallest absolute Gasteiger partial charge is 0.230 e. The van der Waals surface area contributed by atoms with Gasteiger partial charge in [0.25, 0.3) is 0 Å². The van der Waals surface area contributed by atoms with E-state index >= 15 is 0 Å². The number of aromatic nitrogens is 1. The van der Waals surface area contributed by atoms with Crippen molar-refractivity contribution in [3.63, 3.8) is 0 Å². The maximum absolute atomic E-state index is 12.8. The standard InChI is InChI=1S/C16H12ClFN2OS/c1-9-6-11(17)8-13-15(9)20-16(22-13)19-14(21)7-10-2-4-12(18)5-3-10/h2-6,8H,7H2,1H3,(H,19,20,21). The summed E-state index contributed by atoms with van der Waals surface area (Å²) in [6.07, 6.45) is 0.177. The lowest BCUT2D eigenvalue weighted by Crippen LogP contribution is -2.14. The van der Waals surface area contributed by atoms with Crippen LogP contribution >= 0.6 is 22.9 Å². The molecule has 1 heterocycles. The van der Waals surface area contributed by atoms with Crippen molar-refractivity contribution in [3.05, 3.63) is 58.4 Å². The summed E-state index contributed by atoms with van der Waals surface area (Å²) >= 11 is 7.40. The van der Waals surface area contributed by atoms with Crippen molar-refractivity contribution >= 4 is 44.2 Å². The van der Waals surface area contributed by atoms with Crippen molar-refractivity contribution in [1.29, 1.82) is 0 Å². The second-order valence-electron chi connectivity index (χ2n) is 4.94. The van der Waals surface area contributed by atoms with Gasteiger partial charge >= 0.3 is 0 Å². The van der Waals surface area contributed by atoms with Crippen LogP contribution in [0.25, 0.3) is 10.2 Å². The number of halogens is 2. The lowest BCUT2D eigenvalue weighted by molar-refractivity contribution is -0.115. The van der Waals surface area contributed by atoms with Crippen LogP contribution in [-0.2, 0) is 11.2 Å². The maximum atomic E-state index is 12.8.